The van der Waals surface area contributed by atoms with Gasteiger partial charge in [0.2, 0.25) is 0 Å². The number of rotatable bonds is 9. The van der Waals surface area contributed by atoms with E-state index in [4.69, 9.17) is 9.29 Å². The smallest absolute Gasteiger partial charge is 0.394 e. The molecule has 0 aromatic rings. The molecule has 1 unspecified atom stereocenters. The summed E-state index contributed by atoms with van der Waals surface area (Å²) in [7, 11) is -8.25. The number of hydrogen-bond acceptors (Lipinski definition) is 12. The second kappa shape index (κ2) is 11.7. The fourth-order valence-corrected chi connectivity index (χ4v) is 3.92. The summed E-state index contributed by atoms with van der Waals surface area (Å²) >= 11 is 4.18. The van der Waals surface area contributed by atoms with Crippen molar-refractivity contribution in [2.45, 2.75) is 42.2 Å². The van der Waals surface area contributed by atoms with Crippen molar-refractivity contribution in [3.8, 4) is 0 Å². The van der Waals surface area contributed by atoms with Crippen molar-refractivity contribution in [3.63, 3.8) is 0 Å². The monoisotopic (exact) mass is 492 g/mol. The first-order valence-corrected chi connectivity index (χ1v) is 11.5. The Balaban J connectivity index is 0.00000729. The summed E-state index contributed by atoms with van der Waals surface area (Å²) in [5.41, 5.74) is 0. The summed E-state index contributed by atoms with van der Waals surface area (Å²) < 4.78 is 61.6. The Labute approximate surface area is 211 Å². The molecule has 1 aliphatic rings. The van der Waals surface area contributed by atoms with Crippen molar-refractivity contribution in [1.29, 1.82) is 0 Å². The minimum absolute atomic E-state index is 0. The molecular weight excluding hydrogens is 469 g/mol. The molecule has 1 fully saturated rings. The Kier molecular flexibility index (Phi) is 12.1. The number of hydrogen-bond donors (Lipinski definition) is 6. The van der Waals surface area contributed by atoms with Crippen molar-refractivity contribution >= 4 is 39.1 Å². The molecule has 0 radical (unpaired) electrons. The van der Waals surface area contributed by atoms with E-state index in [0.29, 0.717) is 0 Å². The molecule has 5 N–H and O–H groups in total. The first-order chi connectivity index (χ1) is 12.2. The molecule has 6 atom stereocenters. The number of thiol groups is 1. The van der Waals surface area contributed by atoms with Gasteiger partial charge in [0, 0.05) is 17.9 Å². The van der Waals surface area contributed by atoms with Crippen molar-refractivity contribution in [2.75, 3.05) is 18.6 Å². The van der Waals surface area contributed by atoms with Gasteiger partial charge in [-0.1, -0.05) is 5.16 Å². The van der Waals surface area contributed by atoms with Gasteiger partial charge in [-0.3, -0.25) is 4.55 Å². The summed E-state index contributed by atoms with van der Waals surface area (Å²) in [5, 5.41) is 42.4. The molecule has 0 aliphatic carbocycles. The molecule has 160 valence electrons. The van der Waals surface area contributed by atoms with Crippen LogP contribution in [-0.2, 0) is 29.3 Å². The van der Waals surface area contributed by atoms with Crippen LogP contribution in [0.5, 0.6) is 0 Å². The van der Waals surface area contributed by atoms with Gasteiger partial charge in [0.15, 0.2) is 0 Å². The van der Waals surface area contributed by atoms with Crippen molar-refractivity contribution in [1.82, 2.24) is 0 Å². The second-order valence-corrected chi connectivity index (χ2v) is 10.1. The van der Waals surface area contributed by atoms with E-state index in [-0.39, 0.29) is 70.0 Å². The number of aliphatic hydroxyl groups excluding tert-OH is 4. The Morgan fingerprint density at radius 2 is 1.82 bits per heavy atom. The number of sulfone groups is 1. The van der Waals surface area contributed by atoms with Crippen molar-refractivity contribution < 1.29 is 102 Å². The van der Waals surface area contributed by atoms with Gasteiger partial charge in [0.05, 0.1) is 12.8 Å². The number of oxime groups is 1. The maximum absolute atomic E-state index is 11.3. The largest absolute Gasteiger partial charge is 1.00 e. The third-order valence-electron chi connectivity index (χ3n) is 3.94. The van der Waals surface area contributed by atoms with Crippen LogP contribution < -0.4 is 51.4 Å². The molecule has 0 aromatic carbocycles. The van der Waals surface area contributed by atoms with Gasteiger partial charge in [-0.2, -0.15) is 8.42 Å². The maximum atomic E-state index is 11.3. The third kappa shape index (κ3) is 8.70. The van der Waals surface area contributed by atoms with Crippen molar-refractivity contribution in [2.24, 2.45) is 11.1 Å². The van der Waals surface area contributed by atoms with Gasteiger partial charge in [-0.05, 0) is 12.8 Å². The topological polar surface area (TPSA) is 200 Å². The molecule has 0 saturated carbocycles. The average molecular weight is 493 g/mol. The van der Waals surface area contributed by atoms with Crippen LogP contribution in [0.2, 0.25) is 0 Å². The predicted octanol–water partition coefficient (Wildman–Crippen LogP) is -5.66. The molecule has 0 bridgehead atoms. The molecule has 0 amide bonds. The Morgan fingerprint density at radius 3 is 2.29 bits per heavy atom. The van der Waals surface area contributed by atoms with Gasteiger partial charge in [-0.25, -0.2) is 12.7 Å². The van der Waals surface area contributed by atoms with Gasteiger partial charge < -0.3 is 25.2 Å². The molecule has 28 heavy (non-hydrogen) atoms. The Morgan fingerprint density at radius 1 is 1.25 bits per heavy atom. The first kappa shape index (κ1) is 29.1. The van der Waals surface area contributed by atoms with Crippen molar-refractivity contribution in [3.05, 3.63) is 0 Å². The minimum atomic E-state index is -4.91. The molecule has 0 spiro atoms. The van der Waals surface area contributed by atoms with E-state index in [1.165, 1.54) is 0 Å². The SMILES string of the molecule is CS(=O)(=O)CCCC(/C=N/OS(=O)(=O)O)[C@@]1(S)O[C@H](CO)[C@@H](O)[C@H](O)[C@H]1O.[K+]. The molecular formula is C12H23KNO11S3+. The summed E-state index contributed by atoms with van der Waals surface area (Å²) in [6.07, 6.45) is -4.83. The van der Waals surface area contributed by atoms with Gasteiger partial charge in [0.25, 0.3) is 0 Å². The van der Waals surface area contributed by atoms with Crippen LogP contribution in [0.1, 0.15) is 12.8 Å². The predicted molar refractivity (Wildman–Crippen MR) is 95.3 cm³/mol. The average Bonchev–Trinajstić information content (AvgIpc) is 2.52. The van der Waals surface area contributed by atoms with Gasteiger partial charge in [-0.15, -0.1) is 12.6 Å². The standard InChI is InChI=1S/C12H23NO11S3.K/c1-26(18,19)4-2-3-7(5-13-24-27(20,21)22)12(25)11(17)10(16)9(15)8(6-14)23-12;/h5,7-11,14-17,25H,2-4,6H2,1H3,(H,20,21,22);/q;+1/b13-5+;/t7?,8-,9-,10+,11-,12+;/m1./s1. The number of ether oxygens (including phenoxy) is 1. The molecule has 1 rings (SSSR count). The Hall–Kier alpha value is 1.12. The zero-order valence-corrected chi connectivity index (χ0v) is 20.8. The normalized spacial score (nSPS) is 32.7. The van der Waals surface area contributed by atoms with Crippen LogP contribution in [-0.4, -0.2) is 96.0 Å². The van der Waals surface area contributed by atoms with E-state index in [1.807, 2.05) is 0 Å². The summed E-state index contributed by atoms with van der Waals surface area (Å²) in [6.45, 7) is -0.734. The first-order valence-electron chi connectivity index (χ1n) is 7.64. The number of nitrogens with zero attached hydrogens (tertiary/aromatic N) is 1. The summed E-state index contributed by atoms with van der Waals surface area (Å²) in [6, 6.07) is 0. The fourth-order valence-electron chi connectivity index (χ4n) is 2.59. The van der Waals surface area contributed by atoms with E-state index < -0.39 is 62.1 Å². The van der Waals surface area contributed by atoms with Crippen LogP contribution in [0.3, 0.4) is 0 Å². The zero-order valence-electron chi connectivity index (χ0n) is 15.2. The molecule has 1 aliphatic heterocycles. The maximum Gasteiger partial charge on any atom is 1.00 e. The second-order valence-electron chi connectivity index (χ2n) is 6.15. The Bertz CT molecular complexity index is 729. The van der Waals surface area contributed by atoms with E-state index >= 15 is 0 Å². The van der Waals surface area contributed by atoms with E-state index in [0.717, 1.165) is 12.5 Å². The van der Waals surface area contributed by atoms with Gasteiger partial charge >= 0.3 is 61.8 Å². The zero-order chi connectivity index (χ0) is 21.0. The summed E-state index contributed by atoms with van der Waals surface area (Å²) in [4.78, 5) is -1.99. The van der Waals surface area contributed by atoms with Crippen LogP contribution in [0, 0.1) is 5.92 Å². The van der Waals surface area contributed by atoms with E-state index in [1.54, 1.807) is 0 Å². The van der Waals surface area contributed by atoms with Gasteiger partial charge in [0.1, 0.15) is 39.2 Å². The molecule has 1 heterocycles. The van der Waals surface area contributed by atoms with Crippen LogP contribution in [0.4, 0.5) is 0 Å². The molecule has 12 nitrogen and oxygen atoms in total. The van der Waals surface area contributed by atoms with E-state index in [2.05, 4.69) is 22.1 Å². The van der Waals surface area contributed by atoms with Crippen LogP contribution in [0.25, 0.3) is 0 Å². The fraction of sp³-hybridized carbons (Fsp3) is 0.917. The summed E-state index contributed by atoms with van der Waals surface area (Å²) in [5.74, 6) is -1.40. The molecule has 1 saturated heterocycles. The van der Waals surface area contributed by atoms with Crippen LogP contribution >= 0.6 is 12.6 Å². The van der Waals surface area contributed by atoms with E-state index in [9.17, 15) is 37.3 Å². The molecule has 16 heteroatoms. The quantitative estimate of drug-likeness (QED) is 0.0589. The number of aliphatic hydroxyl groups is 4. The third-order valence-corrected chi connectivity index (χ3v) is 5.94. The molecule has 0 aromatic heterocycles. The minimum Gasteiger partial charge on any atom is -0.394 e. The van der Waals surface area contributed by atoms with Crippen LogP contribution in [0.15, 0.2) is 5.16 Å².